The molecule has 0 heterocycles. The number of rotatable bonds is 9. The molecule has 112 valence electrons. The van der Waals surface area contributed by atoms with Gasteiger partial charge in [0.1, 0.15) is 0 Å². The number of ether oxygens (including phenoxy) is 2. The van der Waals surface area contributed by atoms with Crippen LogP contribution in [0.15, 0.2) is 30.3 Å². The van der Waals surface area contributed by atoms with E-state index in [-0.39, 0.29) is 18.4 Å². The molecule has 0 fully saturated rings. The zero-order chi connectivity index (χ0) is 14.8. The number of carbonyl (C=O) groups is 1. The van der Waals surface area contributed by atoms with E-state index in [1.54, 1.807) is 7.11 Å². The molecule has 2 unspecified atom stereocenters. The van der Waals surface area contributed by atoms with E-state index in [9.17, 15) is 9.90 Å². The number of nitrogens with one attached hydrogen (secondary N) is 1. The molecule has 5 heteroatoms. The third-order valence-corrected chi connectivity index (χ3v) is 3.07. The highest BCUT2D eigenvalue weighted by molar-refractivity contribution is 5.70. The zero-order valence-corrected chi connectivity index (χ0v) is 12.0. The molecule has 0 saturated heterocycles. The lowest BCUT2D eigenvalue weighted by Gasteiger charge is -2.23. The lowest BCUT2D eigenvalue weighted by molar-refractivity contribution is -0.142. The first-order valence-electron chi connectivity index (χ1n) is 6.71. The average molecular weight is 281 g/mol. The van der Waals surface area contributed by atoms with Gasteiger partial charge in [-0.3, -0.25) is 4.79 Å². The van der Waals surface area contributed by atoms with Gasteiger partial charge in [-0.15, -0.1) is 0 Å². The summed E-state index contributed by atoms with van der Waals surface area (Å²) in [5.74, 6) is -0.343. The maximum atomic E-state index is 11.4. The van der Waals surface area contributed by atoms with Gasteiger partial charge in [-0.05, 0) is 18.5 Å². The van der Waals surface area contributed by atoms with Crippen molar-refractivity contribution in [1.82, 2.24) is 5.32 Å². The molecule has 0 aromatic heterocycles. The quantitative estimate of drug-likeness (QED) is 0.527. The Morgan fingerprint density at radius 2 is 2.00 bits per heavy atom. The third kappa shape index (κ3) is 5.69. The van der Waals surface area contributed by atoms with Crippen molar-refractivity contribution in [3.8, 4) is 0 Å². The summed E-state index contributed by atoms with van der Waals surface area (Å²) < 4.78 is 9.66. The van der Waals surface area contributed by atoms with Crippen molar-refractivity contribution in [2.75, 3.05) is 27.4 Å². The van der Waals surface area contributed by atoms with Crippen LogP contribution in [0.1, 0.15) is 24.5 Å². The first-order chi connectivity index (χ1) is 9.69. The predicted octanol–water partition coefficient (Wildman–Crippen LogP) is 1.28. The normalized spacial score (nSPS) is 13.8. The summed E-state index contributed by atoms with van der Waals surface area (Å²) in [6, 6.07) is 8.91. The van der Waals surface area contributed by atoms with E-state index in [2.05, 4.69) is 10.1 Å². The number of methoxy groups -OCH3 is 2. The Bertz CT molecular complexity index is 383. The summed E-state index contributed by atoms with van der Waals surface area (Å²) in [6.07, 6.45) is 0.188. The number of benzene rings is 1. The minimum absolute atomic E-state index is 0.125. The van der Waals surface area contributed by atoms with Gasteiger partial charge in [-0.2, -0.15) is 0 Å². The molecule has 0 aliphatic carbocycles. The highest BCUT2D eigenvalue weighted by atomic mass is 16.5. The maximum Gasteiger partial charge on any atom is 0.307 e. The molecular formula is C15H23NO4. The van der Waals surface area contributed by atoms with Gasteiger partial charge in [-0.1, -0.05) is 30.3 Å². The molecule has 0 bridgehead atoms. The molecule has 0 spiro atoms. The number of aliphatic hydroxyl groups is 1. The number of aliphatic hydroxyl groups excluding tert-OH is 1. The minimum atomic E-state index is -0.752. The molecule has 0 radical (unpaired) electrons. The number of hydrogen-bond donors (Lipinski definition) is 2. The highest BCUT2D eigenvalue weighted by Crippen LogP contribution is 2.19. The third-order valence-electron chi connectivity index (χ3n) is 3.07. The Kier molecular flexibility index (Phi) is 7.87. The lowest BCUT2D eigenvalue weighted by atomic mass is 9.99. The molecule has 2 N–H and O–H groups in total. The van der Waals surface area contributed by atoms with E-state index >= 15 is 0 Å². The fourth-order valence-corrected chi connectivity index (χ4v) is 1.94. The second-order valence-corrected chi connectivity index (χ2v) is 4.54. The first-order valence-corrected chi connectivity index (χ1v) is 6.71. The van der Waals surface area contributed by atoms with Crippen LogP contribution in [-0.2, 0) is 14.3 Å². The summed E-state index contributed by atoms with van der Waals surface area (Å²) in [5.41, 5.74) is 0.778. The molecule has 2 atom stereocenters. The summed E-state index contributed by atoms with van der Waals surface area (Å²) >= 11 is 0. The van der Waals surface area contributed by atoms with Crippen molar-refractivity contribution >= 4 is 5.97 Å². The molecule has 0 aliphatic heterocycles. The summed E-state index contributed by atoms with van der Waals surface area (Å²) in [7, 11) is 2.99. The van der Waals surface area contributed by atoms with Gasteiger partial charge in [0.05, 0.1) is 19.6 Å². The van der Waals surface area contributed by atoms with E-state index in [0.29, 0.717) is 13.2 Å². The Morgan fingerprint density at radius 1 is 1.30 bits per heavy atom. The largest absolute Gasteiger partial charge is 0.469 e. The van der Waals surface area contributed by atoms with Gasteiger partial charge in [0.2, 0.25) is 0 Å². The van der Waals surface area contributed by atoms with Crippen LogP contribution >= 0.6 is 0 Å². The first kappa shape index (κ1) is 16.6. The van der Waals surface area contributed by atoms with Gasteiger partial charge in [0.15, 0.2) is 0 Å². The molecule has 1 aromatic carbocycles. The van der Waals surface area contributed by atoms with Crippen LogP contribution in [0.2, 0.25) is 0 Å². The average Bonchev–Trinajstić information content (AvgIpc) is 2.50. The highest BCUT2D eigenvalue weighted by Gasteiger charge is 2.23. The van der Waals surface area contributed by atoms with Crippen LogP contribution < -0.4 is 5.32 Å². The topological polar surface area (TPSA) is 67.8 Å². The van der Waals surface area contributed by atoms with E-state index in [1.807, 2.05) is 30.3 Å². The Balaban J connectivity index is 2.63. The van der Waals surface area contributed by atoms with Crippen LogP contribution in [0.4, 0.5) is 0 Å². The lowest BCUT2D eigenvalue weighted by Crippen LogP contribution is -2.38. The molecular weight excluding hydrogens is 258 g/mol. The SMILES string of the molecule is COCCCNC(CC(=O)OC)C(O)c1ccccc1. The molecule has 0 amide bonds. The van der Waals surface area contributed by atoms with Gasteiger partial charge < -0.3 is 19.9 Å². The minimum Gasteiger partial charge on any atom is -0.469 e. The molecule has 1 aromatic rings. The zero-order valence-electron chi connectivity index (χ0n) is 12.0. The van der Waals surface area contributed by atoms with Gasteiger partial charge in [0.25, 0.3) is 0 Å². The second-order valence-electron chi connectivity index (χ2n) is 4.54. The number of esters is 1. The molecule has 5 nitrogen and oxygen atoms in total. The van der Waals surface area contributed by atoms with Crippen LogP contribution in [0.25, 0.3) is 0 Å². The van der Waals surface area contributed by atoms with Crippen molar-refractivity contribution in [2.24, 2.45) is 0 Å². The maximum absolute atomic E-state index is 11.4. The molecule has 20 heavy (non-hydrogen) atoms. The van der Waals surface area contributed by atoms with Crippen molar-refractivity contribution in [3.63, 3.8) is 0 Å². The monoisotopic (exact) mass is 281 g/mol. The van der Waals surface area contributed by atoms with Crippen LogP contribution in [0, 0.1) is 0 Å². The number of hydrogen-bond acceptors (Lipinski definition) is 5. The van der Waals surface area contributed by atoms with E-state index in [0.717, 1.165) is 12.0 Å². The number of carbonyl (C=O) groups excluding carboxylic acids is 1. The van der Waals surface area contributed by atoms with Crippen LogP contribution in [-0.4, -0.2) is 44.5 Å². The van der Waals surface area contributed by atoms with E-state index in [4.69, 9.17) is 4.74 Å². The Labute approximate surface area is 119 Å². The van der Waals surface area contributed by atoms with Crippen molar-refractivity contribution in [1.29, 1.82) is 0 Å². The molecule has 0 aliphatic rings. The van der Waals surface area contributed by atoms with Crippen molar-refractivity contribution in [3.05, 3.63) is 35.9 Å². The standard InChI is InChI=1S/C15H23NO4/c1-19-10-6-9-16-13(11-14(17)20-2)15(18)12-7-4-3-5-8-12/h3-5,7-8,13,15-16,18H,6,9-11H2,1-2H3. The van der Waals surface area contributed by atoms with Gasteiger partial charge >= 0.3 is 5.97 Å². The fraction of sp³-hybridized carbons (Fsp3) is 0.533. The van der Waals surface area contributed by atoms with Crippen LogP contribution in [0.5, 0.6) is 0 Å². The molecule has 1 rings (SSSR count). The van der Waals surface area contributed by atoms with Crippen molar-refractivity contribution < 1.29 is 19.4 Å². The van der Waals surface area contributed by atoms with Gasteiger partial charge in [0, 0.05) is 19.8 Å². The Morgan fingerprint density at radius 3 is 2.60 bits per heavy atom. The van der Waals surface area contributed by atoms with Gasteiger partial charge in [-0.25, -0.2) is 0 Å². The smallest absolute Gasteiger partial charge is 0.307 e. The second kappa shape index (κ2) is 9.47. The summed E-state index contributed by atoms with van der Waals surface area (Å²) in [6.45, 7) is 1.30. The van der Waals surface area contributed by atoms with Crippen molar-refractivity contribution in [2.45, 2.75) is 25.0 Å². The summed E-state index contributed by atoms with van der Waals surface area (Å²) in [4.78, 5) is 11.4. The van der Waals surface area contributed by atoms with E-state index in [1.165, 1.54) is 7.11 Å². The predicted molar refractivity (Wildman–Crippen MR) is 76.3 cm³/mol. The fourth-order valence-electron chi connectivity index (χ4n) is 1.94. The van der Waals surface area contributed by atoms with Crippen LogP contribution in [0.3, 0.4) is 0 Å². The molecule has 0 saturated carbocycles. The Hall–Kier alpha value is -1.43. The summed E-state index contributed by atoms with van der Waals surface area (Å²) in [5, 5.41) is 13.6. The van der Waals surface area contributed by atoms with E-state index < -0.39 is 6.10 Å².